The lowest BCUT2D eigenvalue weighted by atomic mass is 10.2. The Hall–Kier alpha value is -1.97. The molecule has 0 radical (unpaired) electrons. The molecule has 27 heavy (non-hydrogen) atoms. The maximum absolute atomic E-state index is 12.9. The van der Waals surface area contributed by atoms with E-state index in [9.17, 15) is 27.6 Å². The van der Waals surface area contributed by atoms with Gasteiger partial charge in [-0.15, -0.1) is 0 Å². The van der Waals surface area contributed by atoms with E-state index in [4.69, 9.17) is 0 Å². The molecule has 4 fully saturated rings. The van der Waals surface area contributed by atoms with Crippen LogP contribution >= 0.6 is 0 Å². The molecule has 2 heterocycles. The van der Waals surface area contributed by atoms with E-state index in [0.29, 0.717) is 19.3 Å². The first kappa shape index (κ1) is 18.4. The third-order valence-corrected chi connectivity index (χ3v) is 7.65. The maximum atomic E-state index is 12.9. The van der Waals surface area contributed by atoms with Crippen LogP contribution in [-0.4, -0.2) is 83.0 Å². The van der Waals surface area contributed by atoms with Gasteiger partial charge in [0.15, 0.2) is 9.84 Å². The highest BCUT2D eigenvalue weighted by Crippen LogP contribution is 2.33. The smallest absolute Gasteiger partial charge is 0.334 e. The van der Waals surface area contributed by atoms with Crippen molar-refractivity contribution in [2.24, 2.45) is 0 Å². The number of hydrogen-bond acceptors (Lipinski definition) is 6. The minimum atomic E-state index is -3.16. The van der Waals surface area contributed by atoms with Crippen molar-refractivity contribution < 1.29 is 27.6 Å². The number of carbonyl (C=O) groups excluding carboxylic acids is 4. The van der Waals surface area contributed by atoms with Crippen LogP contribution in [0.1, 0.15) is 44.9 Å². The molecule has 2 saturated carbocycles. The van der Waals surface area contributed by atoms with E-state index < -0.39 is 46.2 Å². The molecule has 4 rings (SSSR count). The number of nitrogens with zero attached hydrogens (tertiary/aromatic N) is 3. The summed E-state index contributed by atoms with van der Waals surface area (Å²) in [6.45, 7) is -0.500. The molecule has 0 N–H and O–H groups in total. The number of urea groups is 1. The predicted molar refractivity (Wildman–Crippen MR) is 93.1 cm³/mol. The minimum absolute atomic E-state index is 0.0368. The standard InChI is InChI=1S/C17H23N3O6S/c21-14(19(12-5-6-12)13-7-8-27(25,26)10-13)9-18-15(22)16(23)20(17(18)24)11-3-1-2-4-11/h11-13H,1-10H2/t13-/m0/s1. The van der Waals surface area contributed by atoms with Crippen molar-refractivity contribution in [3.05, 3.63) is 0 Å². The second-order valence-corrected chi connectivity index (χ2v) is 10.1. The van der Waals surface area contributed by atoms with Crippen molar-refractivity contribution in [3.63, 3.8) is 0 Å². The number of hydrogen-bond donors (Lipinski definition) is 0. The molecule has 5 amide bonds. The summed E-state index contributed by atoms with van der Waals surface area (Å²) >= 11 is 0. The van der Waals surface area contributed by atoms with Crippen LogP contribution in [0.4, 0.5) is 4.79 Å². The van der Waals surface area contributed by atoms with E-state index >= 15 is 0 Å². The van der Waals surface area contributed by atoms with Gasteiger partial charge in [0.1, 0.15) is 6.54 Å². The van der Waals surface area contributed by atoms with Crippen LogP contribution in [0.15, 0.2) is 0 Å². The Balaban J connectivity index is 1.48. The van der Waals surface area contributed by atoms with Gasteiger partial charge in [0, 0.05) is 18.1 Å². The van der Waals surface area contributed by atoms with Gasteiger partial charge in [0.2, 0.25) is 5.91 Å². The number of imide groups is 2. The summed E-state index contributed by atoms with van der Waals surface area (Å²) in [6, 6.07) is -1.44. The molecule has 2 aliphatic heterocycles. The number of rotatable bonds is 5. The van der Waals surface area contributed by atoms with Crippen LogP contribution in [0.2, 0.25) is 0 Å². The maximum Gasteiger partial charge on any atom is 0.334 e. The van der Waals surface area contributed by atoms with Crippen LogP contribution < -0.4 is 0 Å². The van der Waals surface area contributed by atoms with Gasteiger partial charge in [-0.25, -0.2) is 18.1 Å². The number of carbonyl (C=O) groups is 4. The molecule has 10 heteroatoms. The number of amides is 5. The topological polar surface area (TPSA) is 112 Å². The zero-order valence-corrected chi connectivity index (χ0v) is 15.8. The van der Waals surface area contributed by atoms with Crippen molar-refractivity contribution in [2.45, 2.75) is 63.1 Å². The van der Waals surface area contributed by atoms with Gasteiger partial charge < -0.3 is 4.90 Å². The Morgan fingerprint density at radius 3 is 2.19 bits per heavy atom. The summed E-state index contributed by atoms with van der Waals surface area (Å²) in [5, 5.41) is 0. The molecule has 148 valence electrons. The normalized spacial score (nSPS) is 28.4. The van der Waals surface area contributed by atoms with E-state index in [1.165, 1.54) is 4.90 Å². The summed E-state index contributed by atoms with van der Waals surface area (Å²) in [4.78, 5) is 53.3. The molecule has 0 bridgehead atoms. The van der Waals surface area contributed by atoms with E-state index in [0.717, 1.165) is 35.5 Å². The first-order valence-corrected chi connectivity index (χ1v) is 11.3. The molecule has 0 unspecified atom stereocenters. The fraction of sp³-hybridized carbons (Fsp3) is 0.765. The van der Waals surface area contributed by atoms with Crippen LogP contribution in [0.5, 0.6) is 0 Å². The van der Waals surface area contributed by atoms with Crippen molar-refractivity contribution in [1.29, 1.82) is 0 Å². The fourth-order valence-corrected chi connectivity index (χ4v) is 6.13. The predicted octanol–water partition coefficient (Wildman–Crippen LogP) is -0.102. The highest BCUT2D eigenvalue weighted by Gasteiger charge is 2.50. The van der Waals surface area contributed by atoms with Gasteiger partial charge in [-0.1, -0.05) is 12.8 Å². The van der Waals surface area contributed by atoms with Crippen LogP contribution in [0, 0.1) is 0 Å². The van der Waals surface area contributed by atoms with Gasteiger partial charge >= 0.3 is 17.8 Å². The molecular formula is C17H23N3O6S. The summed E-state index contributed by atoms with van der Waals surface area (Å²) in [5.41, 5.74) is 0. The molecule has 9 nitrogen and oxygen atoms in total. The van der Waals surface area contributed by atoms with Gasteiger partial charge in [0.05, 0.1) is 11.5 Å². The Labute approximate surface area is 157 Å². The molecule has 2 aliphatic carbocycles. The average Bonchev–Trinajstić information content (AvgIpc) is 3.08. The van der Waals surface area contributed by atoms with Crippen LogP contribution in [-0.2, 0) is 24.2 Å². The quantitative estimate of drug-likeness (QED) is 0.473. The monoisotopic (exact) mass is 397 g/mol. The lowest BCUT2D eigenvalue weighted by Gasteiger charge is -2.29. The second-order valence-electron chi connectivity index (χ2n) is 7.88. The first-order chi connectivity index (χ1) is 12.8. The lowest BCUT2D eigenvalue weighted by Crippen LogP contribution is -2.49. The van der Waals surface area contributed by atoms with Gasteiger partial charge in [0.25, 0.3) is 0 Å². The SMILES string of the molecule is O=C1C(=O)N(C2CCCC2)C(=O)N1CC(=O)N(C1CC1)[C@H]1CCS(=O)(=O)C1. The molecule has 0 aromatic carbocycles. The summed E-state index contributed by atoms with van der Waals surface area (Å²) in [6.07, 6.45) is 5.12. The Bertz CT molecular complexity index is 799. The Kier molecular flexibility index (Phi) is 4.48. The van der Waals surface area contributed by atoms with Crippen molar-refractivity contribution in [2.75, 3.05) is 18.1 Å². The highest BCUT2D eigenvalue weighted by molar-refractivity contribution is 7.91. The molecule has 0 aromatic rings. The van der Waals surface area contributed by atoms with E-state index in [-0.39, 0.29) is 23.6 Å². The summed E-state index contributed by atoms with van der Waals surface area (Å²) < 4.78 is 23.6. The van der Waals surface area contributed by atoms with Gasteiger partial charge in [-0.05, 0) is 32.1 Å². The third-order valence-electron chi connectivity index (χ3n) is 5.90. The van der Waals surface area contributed by atoms with Crippen molar-refractivity contribution in [1.82, 2.24) is 14.7 Å². The molecule has 1 atom stereocenters. The van der Waals surface area contributed by atoms with Gasteiger partial charge in [-0.2, -0.15) is 0 Å². The zero-order valence-electron chi connectivity index (χ0n) is 15.0. The Morgan fingerprint density at radius 2 is 1.63 bits per heavy atom. The highest BCUT2D eigenvalue weighted by atomic mass is 32.2. The lowest BCUT2D eigenvalue weighted by molar-refractivity contribution is -0.145. The zero-order chi connectivity index (χ0) is 19.3. The Morgan fingerprint density at radius 1 is 0.963 bits per heavy atom. The third kappa shape index (κ3) is 3.35. The molecule has 4 aliphatic rings. The van der Waals surface area contributed by atoms with E-state index in [2.05, 4.69) is 0 Å². The summed E-state index contributed by atoms with van der Waals surface area (Å²) in [5.74, 6) is -2.31. The second kappa shape index (κ2) is 6.57. The minimum Gasteiger partial charge on any atom is -0.334 e. The van der Waals surface area contributed by atoms with Gasteiger partial charge in [-0.3, -0.25) is 19.3 Å². The average molecular weight is 397 g/mol. The van der Waals surface area contributed by atoms with Crippen LogP contribution in [0.3, 0.4) is 0 Å². The molecular weight excluding hydrogens is 374 g/mol. The molecule has 0 spiro atoms. The van der Waals surface area contributed by atoms with E-state index in [1.807, 2.05) is 0 Å². The van der Waals surface area contributed by atoms with Crippen molar-refractivity contribution in [3.8, 4) is 0 Å². The first-order valence-electron chi connectivity index (χ1n) is 9.49. The fourth-order valence-electron chi connectivity index (χ4n) is 4.42. The largest absolute Gasteiger partial charge is 0.334 e. The molecule has 0 aromatic heterocycles. The molecule has 2 saturated heterocycles. The van der Waals surface area contributed by atoms with Crippen molar-refractivity contribution >= 4 is 33.6 Å². The number of sulfone groups is 1. The van der Waals surface area contributed by atoms with E-state index in [1.54, 1.807) is 0 Å². The van der Waals surface area contributed by atoms with Crippen LogP contribution in [0.25, 0.3) is 0 Å². The summed E-state index contributed by atoms with van der Waals surface area (Å²) in [7, 11) is -3.16.